The molecule has 0 fully saturated rings. The van der Waals surface area contributed by atoms with Gasteiger partial charge in [-0.05, 0) is 42.3 Å². The van der Waals surface area contributed by atoms with Gasteiger partial charge in [0.25, 0.3) is 5.91 Å². The number of anilines is 1. The van der Waals surface area contributed by atoms with Crippen molar-refractivity contribution in [3.63, 3.8) is 0 Å². The highest BCUT2D eigenvalue weighted by Gasteiger charge is 2.22. The van der Waals surface area contributed by atoms with Crippen molar-refractivity contribution in [1.29, 1.82) is 5.26 Å². The monoisotopic (exact) mass is 458 g/mol. The second-order valence-electron chi connectivity index (χ2n) is 7.04. The molecule has 0 aliphatic carbocycles. The molecule has 0 saturated carbocycles. The molecule has 7 heteroatoms. The zero-order chi connectivity index (χ0) is 22.5. The second kappa shape index (κ2) is 9.73. The van der Waals surface area contributed by atoms with Gasteiger partial charge in [-0.2, -0.15) is 10.4 Å². The summed E-state index contributed by atoms with van der Waals surface area (Å²) < 4.78 is 1.60. The van der Waals surface area contributed by atoms with Crippen molar-refractivity contribution in [3.05, 3.63) is 106 Å². The fourth-order valence-corrected chi connectivity index (χ4v) is 4.49. The van der Waals surface area contributed by atoms with Crippen molar-refractivity contribution >= 4 is 35.1 Å². The molecule has 1 N–H and O–H groups in total. The third kappa shape index (κ3) is 4.54. The minimum absolute atomic E-state index is 0.292. The molecule has 0 radical (unpaired) electrons. The van der Waals surface area contributed by atoms with E-state index in [2.05, 4.69) is 16.5 Å². The van der Waals surface area contributed by atoms with Crippen LogP contribution in [0.4, 0.5) is 5.82 Å². The SMILES string of the molecule is Cc1ccccc1C(=O)Nc1c(C#N)c(SCc2ccccc2Cl)nn1-c1ccccc1. The van der Waals surface area contributed by atoms with Gasteiger partial charge in [0.05, 0.1) is 5.69 Å². The van der Waals surface area contributed by atoms with Gasteiger partial charge in [0.2, 0.25) is 0 Å². The lowest BCUT2D eigenvalue weighted by Gasteiger charge is -2.10. The fourth-order valence-electron chi connectivity index (χ4n) is 3.24. The maximum absolute atomic E-state index is 13.0. The molecule has 4 aromatic rings. The van der Waals surface area contributed by atoms with E-state index < -0.39 is 0 Å². The van der Waals surface area contributed by atoms with E-state index in [0.29, 0.717) is 32.7 Å². The van der Waals surface area contributed by atoms with E-state index >= 15 is 0 Å². The minimum atomic E-state index is -0.292. The van der Waals surface area contributed by atoms with Crippen LogP contribution >= 0.6 is 23.4 Å². The topological polar surface area (TPSA) is 70.7 Å². The first-order valence-corrected chi connectivity index (χ1v) is 11.3. The summed E-state index contributed by atoms with van der Waals surface area (Å²) in [6.45, 7) is 1.87. The zero-order valence-corrected chi connectivity index (χ0v) is 18.8. The van der Waals surface area contributed by atoms with Crippen LogP contribution in [-0.4, -0.2) is 15.7 Å². The van der Waals surface area contributed by atoms with Gasteiger partial charge in [-0.1, -0.05) is 78.0 Å². The zero-order valence-electron chi connectivity index (χ0n) is 17.2. The van der Waals surface area contributed by atoms with Crippen LogP contribution in [-0.2, 0) is 5.75 Å². The first kappa shape index (κ1) is 21.7. The predicted molar refractivity (Wildman–Crippen MR) is 128 cm³/mol. The number of hydrogen-bond donors (Lipinski definition) is 1. The van der Waals surface area contributed by atoms with Crippen LogP contribution in [0.15, 0.2) is 83.9 Å². The van der Waals surface area contributed by atoms with E-state index in [-0.39, 0.29) is 5.91 Å². The number of nitrogens with one attached hydrogen (secondary N) is 1. The van der Waals surface area contributed by atoms with E-state index in [9.17, 15) is 10.1 Å². The first-order valence-electron chi connectivity index (χ1n) is 9.90. The number of aryl methyl sites for hydroxylation is 1. The lowest BCUT2D eigenvalue weighted by atomic mass is 10.1. The number of amides is 1. The molecule has 3 aromatic carbocycles. The Hall–Kier alpha value is -3.53. The Morgan fingerprint density at radius 1 is 1.06 bits per heavy atom. The van der Waals surface area contributed by atoms with Gasteiger partial charge >= 0.3 is 0 Å². The van der Waals surface area contributed by atoms with Gasteiger partial charge in [-0.25, -0.2) is 4.68 Å². The molecule has 158 valence electrons. The standard InChI is InChI=1S/C25H19ClN4OS/c1-17-9-5-7-13-20(17)24(31)28-23-21(15-27)25(29-30(23)19-11-3-2-4-12-19)32-16-18-10-6-8-14-22(18)26/h2-14H,16H2,1H3,(H,28,31). The Kier molecular flexibility index (Phi) is 6.60. The average molecular weight is 459 g/mol. The Balaban J connectivity index is 1.73. The third-order valence-electron chi connectivity index (χ3n) is 4.91. The van der Waals surface area contributed by atoms with Crippen molar-refractivity contribution in [2.24, 2.45) is 0 Å². The second-order valence-corrected chi connectivity index (χ2v) is 8.41. The molecule has 4 rings (SSSR count). The molecular formula is C25H19ClN4OS. The van der Waals surface area contributed by atoms with Gasteiger partial charge < -0.3 is 5.32 Å². The Morgan fingerprint density at radius 3 is 2.47 bits per heavy atom. The summed E-state index contributed by atoms with van der Waals surface area (Å²) in [4.78, 5) is 13.0. The number of benzene rings is 3. The number of hydrogen-bond acceptors (Lipinski definition) is 4. The average Bonchev–Trinajstić information content (AvgIpc) is 3.16. The number of carbonyl (C=O) groups excluding carboxylic acids is 1. The number of rotatable bonds is 6. The molecular weight excluding hydrogens is 440 g/mol. The Labute approximate surface area is 195 Å². The maximum Gasteiger partial charge on any atom is 0.257 e. The molecule has 0 bridgehead atoms. The van der Waals surface area contributed by atoms with E-state index in [4.69, 9.17) is 11.6 Å². The van der Waals surface area contributed by atoms with E-state index in [1.807, 2.05) is 79.7 Å². The Bertz CT molecular complexity index is 1310. The molecule has 0 saturated heterocycles. The van der Waals surface area contributed by atoms with Gasteiger partial charge in [0.15, 0.2) is 5.82 Å². The van der Waals surface area contributed by atoms with Crippen LogP contribution in [0.5, 0.6) is 0 Å². The van der Waals surface area contributed by atoms with Crippen molar-refractivity contribution in [3.8, 4) is 11.8 Å². The first-order chi connectivity index (χ1) is 15.6. The smallest absolute Gasteiger partial charge is 0.257 e. The van der Waals surface area contributed by atoms with Crippen LogP contribution in [0.2, 0.25) is 5.02 Å². The molecule has 0 atom stereocenters. The van der Waals surface area contributed by atoms with Crippen molar-refractivity contribution in [1.82, 2.24) is 9.78 Å². The molecule has 0 spiro atoms. The number of aromatic nitrogens is 2. The number of carbonyl (C=O) groups is 1. The number of thioether (sulfide) groups is 1. The van der Waals surface area contributed by atoms with Crippen LogP contribution < -0.4 is 5.32 Å². The van der Waals surface area contributed by atoms with Crippen molar-refractivity contribution in [2.45, 2.75) is 17.7 Å². The van der Waals surface area contributed by atoms with Gasteiger partial charge in [-0.15, -0.1) is 0 Å². The number of para-hydroxylation sites is 1. The molecule has 1 amide bonds. The van der Waals surface area contributed by atoms with Crippen LogP contribution in [0.3, 0.4) is 0 Å². The van der Waals surface area contributed by atoms with Crippen LogP contribution in [0, 0.1) is 18.3 Å². The number of nitriles is 1. The van der Waals surface area contributed by atoms with Crippen molar-refractivity contribution in [2.75, 3.05) is 5.32 Å². The molecule has 5 nitrogen and oxygen atoms in total. The van der Waals surface area contributed by atoms with Gasteiger partial charge in [0.1, 0.15) is 16.7 Å². The summed E-state index contributed by atoms with van der Waals surface area (Å²) in [5.41, 5.74) is 3.40. The predicted octanol–water partition coefficient (Wildman–Crippen LogP) is 6.25. The van der Waals surface area contributed by atoms with Gasteiger partial charge in [-0.3, -0.25) is 4.79 Å². The molecule has 0 aliphatic rings. The van der Waals surface area contributed by atoms with Gasteiger partial charge in [0, 0.05) is 16.3 Å². The molecule has 0 aliphatic heterocycles. The minimum Gasteiger partial charge on any atom is -0.305 e. The lowest BCUT2D eigenvalue weighted by Crippen LogP contribution is -2.17. The summed E-state index contributed by atoms with van der Waals surface area (Å²) in [7, 11) is 0. The molecule has 0 unspecified atom stereocenters. The van der Waals surface area contributed by atoms with Crippen LogP contribution in [0.25, 0.3) is 5.69 Å². The molecule has 32 heavy (non-hydrogen) atoms. The highest BCUT2D eigenvalue weighted by molar-refractivity contribution is 7.98. The summed E-state index contributed by atoms with van der Waals surface area (Å²) in [5, 5.41) is 18.7. The maximum atomic E-state index is 13.0. The number of nitrogens with zero attached hydrogens (tertiary/aromatic N) is 3. The summed E-state index contributed by atoms with van der Waals surface area (Å²) in [5.74, 6) is 0.596. The summed E-state index contributed by atoms with van der Waals surface area (Å²) in [6.07, 6.45) is 0. The summed E-state index contributed by atoms with van der Waals surface area (Å²) >= 11 is 7.69. The quantitative estimate of drug-likeness (QED) is 0.346. The highest BCUT2D eigenvalue weighted by Crippen LogP contribution is 2.33. The van der Waals surface area contributed by atoms with Crippen molar-refractivity contribution < 1.29 is 4.79 Å². The summed E-state index contributed by atoms with van der Waals surface area (Å²) in [6, 6.07) is 26.5. The lowest BCUT2D eigenvalue weighted by molar-refractivity contribution is 0.102. The largest absolute Gasteiger partial charge is 0.305 e. The van der Waals surface area contributed by atoms with E-state index in [1.165, 1.54) is 11.8 Å². The van der Waals surface area contributed by atoms with E-state index in [1.54, 1.807) is 10.7 Å². The van der Waals surface area contributed by atoms with E-state index in [0.717, 1.165) is 16.8 Å². The third-order valence-corrected chi connectivity index (χ3v) is 6.29. The highest BCUT2D eigenvalue weighted by atomic mass is 35.5. The fraction of sp³-hybridized carbons (Fsp3) is 0.0800. The Morgan fingerprint density at radius 2 is 1.75 bits per heavy atom. The van der Waals surface area contributed by atoms with Crippen LogP contribution in [0.1, 0.15) is 27.0 Å². The normalized spacial score (nSPS) is 10.5. The molecule has 1 aromatic heterocycles. The number of halogens is 1. The molecule has 1 heterocycles.